The largest absolute Gasteiger partial charge is 0.495 e. The van der Waals surface area contributed by atoms with Crippen molar-refractivity contribution in [1.29, 1.82) is 0 Å². The quantitative estimate of drug-likeness (QED) is 0.876. The Kier molecular flexibility index (Phi) is 4.10. The van der Waals surface area contributed by atoms with Crippen LogP contribution in [0, 0.1) is 5.41 Å². The zero-order valence-corrected chi connectivity index (χ0v) is 11.7. The van der Waals surface area contributed by atoms with Crippen molar-refractivity contribution in [3.63, 3.8) is 0 Å². The SMILES string of the molecule is COc1cc(CN)ccc1NC(=O)C1(C)CCCC1. The standard InChI is InChI=1S/C15H22N2O2/c1-15(7-3-4-8-15)14(18)17-12-6-5-11(10-16)9-13(12)19-2/h5-6,9H,3-4,7-8,10,16H2,1-2H3,(H,17,18). The molecule has 1 saturated carbocycles. The second kappa shape index (κ2) is 5.61. The number of hydrogen-bond acceptors (Lipinski definition) is 3. The van der Waals surface area contributed by atoms with Gasteiger partial charge in [-0.2, -0.15) is 0 Å². The minimum absolute atomic E-state index is 0.0869. The van der Waals surface area contributed by atoms with Crippen molar-refractivity contribution in [1.82, 2.24) is 0 Å². The fourth-order valence-corrected chi connectivity index (χ4v) is 2.62. The molecule has 4 nitrogen and oxygen atoms in total. The van der Waals surface area contributed by atoms with Gasteiger partial charge in [0.25, 0.3) is 0 Å². The summed E-state index contributed by atoms with van der Waals surface area (Å²) in [6.07, 6.45) is 4.18. The van der Waals surface area contributed by atoms with Crippen molar-refractivity contribution >= 4 is 11.6 Å². The summed E-state index contributed by atoms with van der Waals surface area (Å²) in [5.74, 6) is 0.752. The zero-order valence-electron chi connectivity index (χ0n) is 11.7. The van der Waals surface area contributed by atoms with Gasteiger partial charge in [-0.05, 0) is 30.5 Å². The summed E-state index contributed by atoms with van der Waals surface area (Å²) in [6.45, 7) is 2.50. The molecule has 3 N–H and O–H groups in total. The van der Waals surface area contributed by atoms with Crippen molar-refractivity contribution in [2.24, 2.45) is 11.1 Å². The highest BCUT2D eigenvalue weighted by atomic mass is 16.5. The molecular formula is C15H22N2O2. The number of benzene rings is 1. The number of rotatable bonds is 4. The average Bonchev–Trinajstić information content (AvgIpc) is 2.87. The minimum Gasteiger partial charge on any atom is -0.495 e. The molecule has 0 spiro atoms. The zero-order chi connectivity index (χ0) is 13.9. The number of carbonyl (C=O) groups is 1. The van der Waals surface area contributed by atoms with Crippen LogP contribution in [0.3, 0.4) is 0 Å². The van der Waals surface area contributed by atoms with Crippen LogP contribution >= 0.6 is 0 Å². The maximum absolute atomic E-state index is 12.4. The highest BCUT2D eigenvalue weighted by Gasteiger charge is 2.36. The Labute approximate surface area is 114 Å². The molecule has 2 rings (SSSR count). The Balaban J connectivity index is 2.16. The second-order valence-corrected chi connectivity index (χ2v) is 5.46. The Morgan fingerprint density at radius 1 is 1.42 bits per heavy atom. The molecule has 1 aromatic carbocycles. The van der Waals surface area contributed by atoms with E-state index in [1.807, 2.05) is 25.1 Å². The molecule has 19 heavy (non-hydrogen) atoms. The summed E-state index contributed by atoms with van der Waals surface area (Å²) >= 11 is 0. The van der Waals surface area contributed by atoms with Gasteiger partial charge < -0.3 is 15.8 Å². The van der Waals surface area contributed by atoms with Gasteiger partial charge in [-0.1, -0.05) is 25.8 Å². The van der Waals surface area contributed by atoms with Crippen LogP contribution in [0.4, 0.5) is 5.69 Å². The topological polar surface area (TPSA) is 64.3 Å². The van der Waals surface area contributed by atoms with E-state index >= 15 is 0 Å². The number of ether oxygens (including phenoxy) is 1. The number of nitrogens with two attached hydrogens (primary N) is 1. The highest BCUT2D eigenvalue weighted by Crippen LogP contribution is 2.39. The van der Waals surface area contributed by atoms with E-state index in [1.165, 1.54) is 0 Å². The second-order valence-electron chi connectivity index (χ2n) is 5.46. The number of anilines is 1. The van der Waals surface area contributed by atoms with Crippen LogP contribution in [-0.4, -0.2) is 13.0 Å². The van der Waals surface area contributed by atoms with E-state index in [9.17, 15) is 4.79 Å². The third-order valence-corrected chi connectivity index (χ3v) is 4.01. The lowest BCUT2D eigenvalue weighted by Gasteiger charge is -2.23. The molecule has 0 aliphatic heterocycles. The van der Waals surface area contributed by atoms with Crippen LogP contribution in [0.15, 0.2) is 18.2 Å². The first-order valence-electron chi connectivity index (χ1n) is 6.77. The molecule has 0 aromatic heterocycles. The molecule has 0 unspecified atom stereocenters. The Bertz CT molecular complexity index is 465. The van der Waals surface area contributed by atoms with Crippen LogP contribution in [-0.2, 0) is 11.3 Å². The third kappa shape index (κ3) is 2.89. The van der Waals surface area contributed by atoms with E-state index in [-0.39, 0.29) is 11.3 Å². The van der Waals surface area contributed by atoms with Gasteiger partial charge in [0.15, 0.2) is 0 Å². The monoisotopic (exact) mass is 262 g/mol. The normalized spacial score (nSPS) is 17.2. The van der Waals surface area contributed by atoms with Gasteiger partial charge >= 0.3 is 0 Å². The molecule has 0 heterocycles. The predicted molar refractivity (Wildman–Crippen MR) is 76.1 cm³/mol. The first-order chi connectivity index (χ1) is 9.09. The lowest BCUT2D eigenvalue weighted by atomic mass is 9.88. The number of nitrogens with one attached hydrogen (secondary N) is 1. The molecule has 1 fully saturated rings. The van der Waals surface area contributed by atoms with Crippen molar-refractivity contribution in [2.45, 2.75) is 39.2 Å². The molecular weight excluding hydrogens is 240 g/mol. The lowest BCUT2D eigenvalue weighted by Crippen LogP contribution is -2.30. The average molecular weight is 262 g/mol. The summed E-state index contributed by atoms with van der Waals surface area (Å²) < 4.78 is 5.31. The van der Waals surface area contributed by atoms with Gasteiger partial charge in [0.2, 0.25) is 5.91 Å². The van der Waals surface area contributed by atoms with Crippen LogP contribution < -0.4 is 15.8 Å². The maximum atomic E-state index is 12.4. The molecule has 0 radical (unpaired) electrons. The molecule has 104 valence electrons. The molecule has 0 atom stereocenters. The van der Waals surface area contributed by atoms with Gasteiger partial charge in [-0.25, -0.2) is 0 Å². The van der Waals surface area contributed by atoms with Gasteiger partial charge in [0, 0.05) is 12.0 Å². The number of hydrogen-bond donors (Lipinski definition) is 2. The molecule has 0 bridgehead atoms. The van der Waals surface area contributed by atoms with E-state index in [0.29, 0.717) is 12.3 Å². The number of carbonyl (C=O) groups excluding carboxylic acids is 1. The Hall–Kier alpha value is -1.55. The summed E-state index contributed by atoms with van der Waals surface area (Å²) in [5.41, 5.74) is 7.07. The number of amides is 1. The van der Waals surface area contributed by atoms with Gasteiger partial charge in [-0.3, -0.25) is 4.79 Å². The first kappa shape index (κ1) is 13.9. The van der Waals surface area contributed by atoms with E-state index < -0.39 is 0 Å². The van der Waals surface area contributed by atoms with E-state index in [0.717, 1.165) is 36.9 Å². The van der Waals surface area contributed by atoms with Crippen LogP contribution in [0.5, 0.6) is 5.75 Å². The summed E-state index contributed by atoms with van der Waals surface area (Å²) in [5, 5.41) is 2.99. The van der Waals surface area contributed by atoms with Gasteiger partial charge in [0.1, 0.15) is 5.75 Å². The van der Waals surface area contributed by atoms with Crippen molar-refractivity contribution in [3.05, 3.63) is 23.8 Å². The smallest absolute Gasteiger partial charge is 0.230 e. The first-order valence-corrected chi connectivity index (χ1v) is 6.77. The van der Waals surface area contributed by atoms with Crippen molar-refractivity contribution < 1.29 is 9.53 Å². The summed E-state index contributed by atoms with van der Waals surface area (Å²) in [7, 11) is 1.60. The Morgan fingerprint density at radius 3 is 2.68 bits per heavy atom. The number of methoxy groups -OCH3 is 1. The molecule has 4 heteroatoms. The summed E-state index contributed by atoms with van der Waals surface area (Å²) in [6, 6.07) is 5.64. The summed E-state index contributed by atoms with van der Waals surface area (Å²) in [4.78, 5) is 12.4. The van der Waals surface area contributed by atoms with Crippen LogP contribution in [0.25, 0.3) is 0 Å². The molecule has 1 aromatic rings. The maximum Gasteiger partial charge on any atom is 0.230 e. The molecule has 1 aliphatic rings. The van der Waals surface area contributed by atoms with Gasteiger partial charge in [-0.15, -0.1) is 0 Å². The molecule has 1 amide bonds. The Morgan fingerprint density at radius 2 is 2.11 bits per heavy atom. The van der Waals surface area contributed by atoms with Crippen LogP contribution in [0.2, 0.25) is 0 Å². The van der Waals surface area contributed by atoms with E-state index in [4.69, 9.17) is 10.5 Å². The highest BCUT2D eigenvalue weighted by molar-refractivity contribution is 5.96. The molecule has 0 saturated heterocycles. The molecule has 1 aliphatic carbocycles. The fraction of sp³-hybridized carbons (Fsp3) is 0.533. The van der Waals surface area contributed by atoms with Crippen molar-refractivity contribution in [2.75, 3.05) is 12.4 Å². The minimum atomic E-state index is -0.239. The van der Waals surface area contributed by atoms with Crippen LogP contribution in [0.1, 0.15) is 38.2 Å². The lowest BCUT2D eigenvalue weighted by molar-refractivity contribution is -0.124. The fourth-order valence-electron chi connectivity index (χ4n) is 2.62. The van der Waals surface area contributed by atoms with E-state index in [2.05, 4.69) is 5.32 Å². The predicted octanol–water partition coefficient (Wildman–Crippen LogP) is 2.67. The third-order valence-electron chi connectivity index (χ3n) is 4.01. The van der Waals surface area contributed by atoms with Gasteiger partial charge in [0.05, 0.1) is 12.8 Å². The van der Waals surface area contributed by atoms with E-state index in [1.54, 1.807) is 7.11 Å². The van der Waals surface area contributed by atoms with Crippen molar-refractivity contribution in [3.8, 4) is 5.75 Å².